The van der Waals surface area contributed by atoms with E-state index in [0.717, 1.165) is 5.46 Å². The molecular formula is C17H21BN2O3. The molecule has 0 radical (unpaired) electrons. The van der Waals surface area contributed by atoms with Crippen molar-refractivity contribution < 1.29 is 14.4 Å². The van der Waals surface area contributed by atoms with Crippen LogP contribution in [-0.2, 0) is 9.31 Å². The SMILES string of the molecule is CC1(C)OB(c2ccc(C(O)c3cccnc3)nc2)OC1(C)C. The molecule has 1 fully saturated rings. The van der Waals surface area contributed by atoms with Gasteiger partial charge in [-0.2, -0.15) is 0 Å². The first kappa shape index (κ1) is 16.1. The maximum absolute atomic E-state index is 10.3. The first-order valence-corrected chi connectivity index (χ1v) is 7.70. The third-order valence-corrected chi connectivity index (χ3v) is 4.61. The van der Waals surface area contributed by atoms with Crippen LogP contribution in [0.1, 0.15) is 45.1 Å². The van der Waals surface area contributed by atoms with E-state index in [0.29, 0.717) is 11.3 Å². The summed E-state index contributed by atoms with van der Waals surface area (Å²) in [7, 11) is -0.447. The summed E-state index contributed by atoms with van der Waals surface area (Å²) in [4.78, 5) is 8.37. The summed E-state index contributed by atoms with van der Waals surface area (Å²) in [5, 5.41) is 10.3. The molecule has 1 aliphatic heterocycles. The van der Waals surface area contributed by atoms with Gasteiger partial charge in [0.25, 0.3) is 0 Å². The molecule has 6 heteroatoms. The molecule has 2 aromatic rings. The van der Waals surface area contributed by atoms with Crippen molar-refractivity contribution in [1.82, 2.24) is 9.97 Å². The van der Waals surface area contributed by atoms with Gasteiger partial charge in [0.2, 0.25) is 0 Å². The fourth-order valence-electron chi connectivity index (χ4n) is 2.41. The fraction of sp³-hybridized carbons (Fsp3) is 0.412. The predicted molar refractivity (Wildman–Crippen MR) is 88.3 cm³/mol. The second kappa shape index (κ2) is 5.71. The standard InChI is InChI=1S/C17H21BN2O3/c1-16(2)17(3,4)23-18(22-16)13-7-8-14(20-11-13)15(21)12-6-5-9-19-10-12/h5-11,15,21H,1-4H3. The number of aliphatic hydroxyl groups is 1. The molecule has 3 heterocycles. The molecule has 0 aliphatic carbocycles. The number of aromatic nitrogens is 2. The Hall–Kier alpha value is -1.76. The van der Waals surface area contributed by atoms with Crippen LogP contribution in [-0.4, -0.2) is 33.4 Å². The maximum atomic E-state index is 10.3. The van der Waals surface area contributed by atoms with Gasteiger partial charge in [0.1, 0.15) is 6.10 Å². The van der Waals surface area contributed by atoms with Gasteiger partial charge >= 0.3 is 7.12 Å². The van der Waals surface area contributed by atoms with Gasteiger partial charge in [0.05, 0.1) is 16.9 Å². The van der Waals surface area contributed by atoms with Crippen molar-refractivity contribution >= 4 is 12.6 Å². The van der Waals surface area contributed by atoms with E-state index in [1.807, 2.05) is 39.8 Å². The minimum Gasteiger partial charge on any atom is -0.399 e. The van der Waals surface area contributed by atoms with Gasteiger partial charge in [-0.25, -0.2) is 0 Å². The molecule has 5 nitrogen and oxygen atoms in total. The van der Waals surface area contributed by atoms with Gasteiger partial charge in [-0.3, -0.25) is 9.97 Å². The molecule has 1 saturated heterocycles. The average Bonchev–Trinajstić information content (AvgIpc) is 2.76. The topological polar surface area (TPSA) is 64.5 Å². The van der Waals surface area contributed by atoms with Crippen molar-refractivity contribution in [2.24, 2.45) is 0 Å². The van der Waals surface area contributed by atoms with E-state index in [2.05, 4.69) is 9.97 Å². The Kier molecular flexibility index (Phi) is 4.00. The molecule has 0 spiro atoms. The highest BCUT2D eigenvalue weighted by Crippen LogP contribution is 2.36. The second-order valence-corrected chi connectivity index (χ2v) is 6.79. The summed E-state index contributed by atoms with van der Waals surface area (Å²) >= 11 is 0. The van der Waals surface area contributed by atoms with Gasteiger partial charge in [-0.05, 0) is 39.8 Å². The summed E-state index contributed by atoms with van der Waals surface area (Å²) < 4.78 is 12.0. The van der Waals surface area contributed by atoms with Crippen molar-refractivity contribution in [2.75, 3.05) is 0 Å². The highest BCUT2D eigenvalue weighted by atomic mass is 16.7. The van der Waals surface area contributed by atoms with Crippen LogP contribution in [0, 0.1) is 0 Å². The first-order chi connectivity index (χ1) is 10.8. The number of rotatable bonds is 3. The lowest BCUT2D eigenvalue weighted by Crippen LogP contribution is -2.41. The molecule has 0 bridgehead atoms. The van der Waals surface area contributed by atoms with E-state index in [-0.39, 0.29) is 11.2 Å². The van der Waals surface area contributed by atoms with Gasteiger partial charge in [0, 0.05) is 29.6 Å². The highest BCUT2D eigenvalue weighted by Gasteiger charge is 2.51. The van der Waals surface area contributed by atoms with E-state index in [1.165, 1.54) is 0 Å². The number of pyridine rings is 2. The van der Waals surface area contributed by atoms with Gasteiger partial charge in [-0.15, -0.1) is 0 Å². The molecule has 0 aromatic carbocycles. The molecule has 1 unspecified atom stereocenters. The lowest BCUT2D eigenvalue weighted by molar-refractivity contribution is 0.00578. The Balaban J connectivity index is 1.78. The second-order valence-electron chi connectivity index (χ2n) is 6.79. The molecular weight excluding hydrogens is 291 g/mol. The summed E-state index contributed by atoms with van der Waals surface area (Å²) in [6.07, 6.45) is 4.20. The Morgan fingerprint density at radius 2 is 1.74 bits per heavy atom. The molecule has 23 heavy (non-hydrogen) atoms. The quantitative estimate of drug-likeness (QED) is 0.877. The van der Waals surface area contributed by atoms with Crippen LogP contribution >= 0.6 is 0 Å². The molecule has 120 valence electrons. The van der Waals surface area contributed by atoms with Gasteiger partial charge < -0.3 is 14.4 Å². The number of hydrogen-bond donors (Lipinski definition) is 1. The fourth-order valence-corrected chi connectivity index (χ4v) is 2.41. The lowest BCUT2D eigenvalue weighted by Gasteiger charge is -2.32. The number of nitrogens with zero attached hydrogens (tertiary/aromatic N) is 2. The monoisotopic (exact) mass is 312 g/mol. The summed E-state index contributed by atoms with van der Waals surface area (Å²) in [5.74, 6) is 0. The zero-order valence-electron chi connectivity index (χ0n) is 13.9. The Bertz CT molecular complexity index is 658. The van der Waals surface area contributed by atoms with Crippen LogP contribution in [0.3, 0.4) is 0 Å². The largest absolute Gasteiger partial charge is 0.496 e. The van der Waals surface area contributed by atoms with Crippen LogP contribution in [0.15, 0.2) is 42.9 Å². The summed E-state index contributed by atoms with van der Waals surface area (Å²) in [6.45, 7) is 8.06. The maximum Gasteiger partial charge on any atom is 0.496 e. The molecule has 2 aromatic heterocycles. The Morgan fingerprint density at radius 3 is 2.26 bits per heavy atom. The average molecular weight is 312 g/mol. The molecule has 3 rings (SSSR count). The third kappa shape index (κ3) is 3.02. The number of hydrogen-bond acceptors (Lipinski definition) is 5. The van der Waals surface area contributed by atoms with Crippen molar-refractivity contribution in [1.29, 1.82) is 0 Å². The van der Waals surface area contributed by atoms with Gasteiger partial charge in [-0.1, -0.05) is 12.1 Å². The summed E-state index contributed by atoms with van der Waals surface area (Å²) in [6, 6.07) is 7.28. The molecule has 1 aliphatic rings. The predicted octanol–water partition coefficient (Wildman–Crippen LogP) is 1.86. The molecule has 0 saturated carbocycles. The minimum atomic E-state index is -0.795. The molecule has 1 atom stereocenters. The van der Waals surface area contributed by atoms with E-state index in [4.69, 9.17) is 9.31 Å². The minimum absolute atomic E-state index is 0.383. The van der Waals surface area contributed by atoms with Crippen LogP contribution in [0.25, 0.3) is 0 Å². The summed E-state index contributed by atoms with van der Waals surface area (Å²) in [5.41, 5.74) is 1.35. The van der Waals surface area contributed by atoms with E-state index < -0.39 is 13.2 Å². The zero-order chi connectivity index (χ0) is 16.7. The van der Waals surface area contributed by atoms with Gasteiger partial charge in [0.15, 0.2) is 0 Å². The first-order valence-electron chi connectivity index (χ1n) is 7.70. The van der Waals surface area contributed by atoms with E-state index in [9.17, 15) is 5.11 Å². The number of aliphatic hydroxyl groups excluding tert-OH is 1. The highest BCUT2D eigenvalue weighted by molar-refractivity contribution is 6.62. The van der Waals surface area contributed by atoms with Crippen LogP contribution < -0.4 is 5.46 Å². The molecule has 1 N–H and O–H groups in total. The molecule has 0 amide bonds. The normalized spacial score (nSPS) is 20.5. The smallest absolute Gasteiger partial charge is 0.399 e. The van der Waals surface area contributed by atoms with Crippen molar-refractivity contribution in [2.45, 2.75) is 45.0 Å². The zero-order valence-corrected chi connectivity index (χ0v) is 13.9. The van der Waals surface area contributed by atoms with Crippen molar-refractivity contribution in [3.8, 4) is 0 Å². The lowest BCUT2D eigenvalue weighted by atomic mass is 9.80. The van der Waals surface area contributed by atoms with Crippen molar-refractivity contribution in [3.05, 3.63) is 54.1 Å². The van der Waals surface area contributed by atoms with Crippen LogP contribution in [0.4, 0.5) is 0 Å². The van der Waals surface area contributed by atoms with Crippen molar-refractivity contribution in [3.63, 3.8) is 0 Å². The third-order valence-electron chi connectivity index (χ3n) is 4.61. The Morgan fingerprint density at radius 1 is 1.04 bits per heavy atom. The van der Waals surface area contributed by atoms with E-state index >= 15 is 0 Å². The van der Waals surface area contributed by atoms with E-state index in [1.54, 1.807) is 30.7 Å². The van der Waals surface area contributed by atoms with Crippen LogP contribution in [0.5, 0.6) is 0 Å². The Labute approximate surface area is 136 Å². The van der Waals surface area contributed by atoms with Crippen LogP contribution in [0.2, 0.25) is 0 Å².